The Morgan fingerprint density at radius 2 is 2.14 bits per heavy atom. The molecule has 0 aromatic carbocycles. The lowest BCUT2D eigenvalue weighted by Gasteiger charge is -2.23. The van der Waals surface area contributed by atoms with Crippen LogP contribution in [0.1, 0.15) is 46.5 Å². The van der Waals surface area contributed by atoms with E-state index in [0.29, 0.717) is 12.1 Å². The molecule has 3 heteroatoms. The van der Waals surface area contributed by atoms with Gasteiger partial charge in [0.15, 0.2) is 5.17 Å². The molecule has 0 aromatic rings. The first-order valence-electron chi connectivity index (χ1n) is 5.77. The van der Waals surface area contributed by atoms with Gasteiger partial charge >= 0.3 is 0 Å². The average Bonchev–Trinajstić information content (AvgIpc) is 2.26. The Morgan fingerprint density at radius 1 is 1.43 bits per heavy atom. The van der Waals surface area contributed by atoms with E-state index in [1.165, 1.54) is 36.6 Å². The second kappa shape index (κ2) is 6.33. The van der Waals surface area contributed by atoms with Crippen LogP contribution in [0, 0.1) is 0 Å². The van der Waals surface area contributed by atoms with E-state index in [4.69, 9.17) is 4.99 Å². The number of rotatable bonds is 4. The largest absolute Gasteiger partial charge is 0.362 e. The molecule has 0 radical (unpaired) electrons. The summed E-state index contributed by atoms with van der Waals surface area (Å²) in [5.41, 5.74) is 0. The van der Waals surface area contributed by atoms with Gasteiger partial charge in [-0.15, -0.1) is 0 Å². The van der Waals surface area contributed by atoms with E-state index in [0.717, 1.165) is 0 Å². The molecule has 0 spiro atoms. The maximum Gasteiger partial charge on any atom is 0.157 e. The van der Waals surface area contributed by atoms with Crippen LogP contribution in [0.5, 0.6) is 0 Å². The summed E-state index contributed by atoms with van der Waals surface area (Å²) in [5, 5.41) is 4.71. The van der Waals surface area contributed by atoms with Crippen LogP contribution < -0.4 is 5.32 Å². The molecule has 1 heterocycles. The van der Waals surface area contributed by atoms with Gasteiger partial charge in [-0.25, -0.2) is 0 Å². The zero-order valence-corrected chi connectivity index (χ0v) is 10.4. The first kappa shape index (κ1) is 11.9. The van der Waals surface area contributed by atoms with Gasteiger partial charge in [-0.3, -0.25) is 4.99 Å². The van der Waals surface area contributed by atoms with Gasteiger partial charge in [0, 0.05) is 11.8 Å². The highest BCUT2D eigenvalue weighted by molar-refractivity contribution is 8.13. The van der Waals surface area contributed by atoms with Crippen LogP contribution in [0.2, 0.25) is 0 Å². The highest BCUT2D eigenvalue weighted by Gasteiger charge is 2.15. The zero-order valence-electron chi connectivity index (χ0n) is 9.55. The van der Waals surface area contributed by atoms with Crippen LogP contribution in [0.3, 0.4) is 0 Å². The summed E-state index contributed by atoms with van der Waals surface area (Å²) in [4.78, 5) is 4.70. The minimum Gasteiger partial charge on any atom is -0.362 e. The number of nitrogens with zero attached hydrogens (tertiary/aromatic N) is 1. The fourth-order valence-electron chi connectivity index (χ4n) is 1.60. The molecule has 0 saturated carbocycles. The lowest BCUT2D eigenvalue weighted by atomic mass is 10.2. The SMILES string of the molecule is CCC1CCSC(NC(CC)CC)=N1. The highest BCUT2D eigenvalue weighted by atomic mass is 32.2. The summed E-state index contributed by atoms with van der Waals surface area (Å²) in [6, 6.07) is 1.17. The van der Waals surface area contributed by atoms with Crippen LogP contribution in [0.15, 0.2) is 4.99 Å². The predicted molar refractivity (Wildman–Crippen MR) is 66.1 cm³/mol. The number of hydrogen-bond acceptors (Lipinski definition) is 3. The molecule has 1 aliphatic heterocycles. The van der Waals surface area contributed by atoms with Crippen molar-refractivity contribution in [3.63, 3.8) is 0 Å². The monoisotopic (exact) mass is 214 g/mol. The number of amidine groups is 1. The van der Waals surface area contributed by atoms with Gasteiger partial charge in [0.25, 0.3) is 0 Å². The molecule has 2 nitrogen and oxygen atoms in total. The van der Waals surface area contributed by atoms with Crippen molar-refractivity contribution in [2.45, 2.75) is 58.5 Å². The minimum atomic E-state index is 0.563. The van der Waals surface area contributed by atoms with Gasteiger partial charge in [0.05, 0.1) is 6.04 Å². The van der Waals surface area contributed by atoms with E-state index in [1.54, 1.807) is 0 Å². The number of hydrogen-bond donors (Lipinski definition) is 1. The Kier molecular flexibility index (Phi) is 5.38. The van der Waals surface area contributed by atoms with Crippen molar-refractivity contribution < 1.29 is 0 Å². The van der Waals surface area contributed by atoms with Crippen molar-refractivity contribution in [1.82, 2.24) is 5.32 Å². The van der Waals surface area contributed by atoms with Gasteiger partial charge in [-0.05, 0) is 25.7 Å². The van der Waals surface area contributed by atoms with Crippen LogP contribution in [-0.4, -0.2) is 23.0 Å². The van der Waals surface area contributed by atoms with E-state index >= 15 is 0 Å². The smallest absolute Gasteiger partial charge is 0.157 e. The molecule has 0 amide bonds. The quantitative estimate of drug-likeness (QED) is 0.778. The van der Waals surface area contributed by atoms with Gasteiger partial charge in [0.2, 0.25) is 0 Å². The molecule has 82 valence electrons. The Hall–Kier alpha value is -0.180. The van der Waals surface area contributed by atoms with Crippen molar-refractivity contribution >= 4 is 16.9 Å². The van der Waals surface area contributed by atoms with Crippen LogP contribution in [0.4, 0.5) is 0 Å². The van der Waals surface area contributed by atoms with Crippen LogP contribution >= 0.6 is 11.8 Å². The molecule has 0 bridgehead atoms. The summed E-state index contributed by atoms with van der Waals surface area (Å²) in [6.07, 6.45) is 4.80. The fraction of sp³-hybridized carbons (Fsp3) is 0.909. The van der Waals surface area contributed by atoms with Crippen molar-refractivity contribution in [2.24, 2.45) is 4.99 Å². The maximum absolute atomic E-state index is 4.70. The number of aliphatic imine (C=N–C) groups is 1. The summed E-state index contributed by atoms with van der Waals surface area (Å²) in [6.45, 7) is 6.68. The van der Waals surface area contributed by atoms with E-state index in [9.17, 15) is 0 Å². The third-order valence-corrected chi connectivity index (χ3v) is 3.71. The van der Waals surface area contributed by atoms with E-state index in [1.807, 2.05) is 11.8 Å². The lowest BCUT2D eigenvalue weighted by Crippen LogP contribution is -2.34. The molecule has 0 aliphatic carbocycles. The Balaban J connectivity index is 2.46. The second-order valence-electron chi connectivity index (χ2n) is 3.79. The van der Waals surface area contributed by atoms with Crippen molar-refractivity contribution in [3.8, 4) is 0 Å². The second-order valence-corrected chi connectivity index (χ2v) is 4.87. The maximum atomic E-state index is 4.70. The third kappa shape index (κ3) is 3.52. The zero-order chi connectivity index (χ0) is 10.4. The Labute approximate surface area is 92.0 Å². The molecule has 0 saturated heterocycles. The average molecular weight is 214 g/mol. The Bertz CT molecular complexity index is 188. The molecular weight excluding hydrogens is 192 g/mol. The van der Waals surface area contributed by atoms with E-state index < -0.39 is 0 Å². The molecule has 14 heavy (non-hydrogen) atoms. The number of nitrogens with one attached hydrogen (secondary N) is 1. The molecule has 1 N–H and O–H groups in total. The summed E-state index contributed by atoms with van der Waals surface area (Å²) in [5.74, 6) is 1.23. The van der Waals surface area contributed by atoms with Crippen LogP contribution in [-0.2, 0) is 0 Å². The van der Waals surface area contributed by atoms with Crippen molar-refractivity contribution in [1.29, 1.82) is 0 Å². The first-order chi connectivity index (χ1) is 6.80. The van der Waals surface area contributed by atoms with Gasteiger partial charge < -0.3 is 5.32 Å². The van der Waals surface area contributed by atoms with Gasteiger partial charge in [-0.1, -0.05) is 32.5 Å². The van der Waals surface area contributed by atoms with E-state index in [-0.39, 0.29) is 0 Å². The molecule has 1 aliphatic rings. The van der Waals surface area contributed by atoms with Crippen molar-refractivity contribution in [2.75, 3.05) is 5.75 Å². The predicted octanol–water partition coefficient (Wildman–Crippen LogP) is 3.04. The summed E-state index contributed by atoms with van der Waals surface area (Å²) >= 11 is 1.88. The first-order valence-corrected chi connectivity index (χ1v) is 6.75. The molecule has 1 rings (SSSR count). The molecule has 1 atom stereocenters. The van der Waals surface area contributed by atoms with Gasteiger partial charge in [-0.2, -0.15) is 0 Å². The lowest BCUT2D eigenvalue weighted by molar-refractivity contribution is 0.563. The normalized spacial score (nSPS) is 22.3. The molecule has 1 unspecified atom stereocenters. The summed E-state index contributed by atoms with van der Waals surface area (Å²) in [7, 11) is 0. The van der Waals surface area contributed by atoms with Crippen LogP contribution in [0.25, 0.3) is 0 Å². The molecule has 0 fully saturated rings. The Morgan fingerprint density at radius 3 is 2.71 bits per heavy atom. The topological polar surface area (TPSA) is 24.4 Å². The highest BCUT2D eigenvalue weighted by Crippen LogP contribution is 2.18. The standard InChI is InChI=1S/C11H22N2S/c1-4-9(5-2)12-11-13-10(6-3)7-8-14-11/h9-10H,4-8H2,1-3H3,(H,12,13). The number of thioether (sulfide) groups is 1. The van der Waals surface area contributed by atoms with E-state index in [2.05, 4.69) is 26.1 Å². The fourth-order valence-corrected chi connectivity index (χ4v) is 2.66. The third-order valence-electron chi connectivity index (χ3n) is 2.77. The van der Waals surface area contributed by atoms with Crippen molar-refractivity contribution in [3.05, 3.63) is 0 Å². The molecular formula is C11H22N2S. The summed E-state index contributed by atoms with van der Waals surface area (Å²) < 4.78 is 0. The molecule has 0 aromatic heterocycles. The van der Waals surface area contributed by atoms with Gasteiger partial charge in [0.1, 0.15) is 0 Å². The minimum absolute atomic E-state index is 0.563.